The maximum atomic E-state index is 12.4. The number of methoxy groups -OCH3 is 3. The van der Waals surface area contributed by atoms with E-state index in [-0.39, 0.29) is 17.8 Å². The number of benzene rings is 1. The molecule has 1 aromatic carbocycles. The van der Waals surface area contributed by atoms with Crippen molar-refractivity contribution in [1.29, 1.82) is 0 Å². The topological polar surface area (TPSA) is 109 Å². The number of anilines is 2. The van der Waals surface area contributed by atoms with Crippen LogP contribution in [0.1, 0.15) is 43.2 Å². The van der Waals surface area contributed by atoms with E-state index in [1.54, 1.807) is 27.5 Å². The van der Waals surface area contributed by atoms with Gasteiger partial charge in [0.2, 0.25) is 17.6 Å². The fourth-order valence-corrected chi connectivity index (χ4v) is 3.65. The Hall–Kier alpha value is -3.03. The van der Waals surface area contributed by atoms with Gasteiger partial charge >= 0.3 is 0 Å². The lowest BCUT2D eigenvalue weighted by Crippen LogP contribution is -2.25. The Balaban J connectivity index is 1.74. The monoisotopic (exact) mass is 400 g/mol. The van der Waals surface area contributed by atoms with Crippen LogP contribution < -0.4 is 25.3 Å². The zero-order chi connectivity index (χ0) is 20.8. The third kappa shape index (κ3) is 4.88. The molecule has 1 amide bonds. The lowest BCUT2D eigenvalue weighted by atomic mass is 9.89. The van der Waals surface area contributed by atoms with Crippen molar-refractivity contribution >= 4 is 17.7 Å². The van der Waals surface area contributed by atoms with E-state index in [9.17, 15) is 4.79 Å². The first-order chi connectivity index (χ1) is 14.0. The van der Waals surface area contributed by atoms with Gasteiger partial charge < -0.3 is 19.9 Å². The average molecular weight is 400 g/mol. The van der Waals surface area contributed by atoms with Gasteiger partial charge in [-0.15, -0.1) is 0 Å². The van der Waals surface area contributed by atoms with E-state index in [0.717, 1.165) is 36.8 Å². The molecule has 8 heteroatoms. The minimum Gasteiger partial charge on any atom is -0.493 e. The van der Waals surface area contributed by atoms with Gasteiger partial charge in [-0.25, -0.2) is 4.98 Å². The van der Waals surface area contributed by atoms with Gasteiger partial charge in [-0.2, -0.15) is 4.98 Å². The summed E-state index contributed by atoms with van der Waals surface area (Å²) in [5.74, 6) is 2.24. The molecule has 29 heavy (non-hydrogen) atoms. The zero-order valence-corrected chi connectivity index (χ0v) is 17.2. The minimum absolute atomic E-state index is 0.0264. The molecule has 1 saturated carbocycles. The van der Waals surface area contributed by atoms with Gasteiger partial charge in [0.15, 0.2) is 11.5 Å². The number of nitrogens with two attached hydrogens (primary N) is 1. The minimum atomic E-state index is -0.0264. The number of nitrogens with one attached hydrogen (secondary N) is 1. The molecule has 3 N–H and O–H groups in total. The molecule has 0 aliphatic heterocycles. The van der Waals surface area contributed by atoms with Crippen LogP contribution in [0.15, 0.2) is 18.3 Å². The van der Waals surface area contributed by atoms with Gasteiger partial charge in [-0.1, -0.05) is 19.3 Å². The molecule has 1 heterocycles. The third-order valence-corrected chi connectivity index (χ3v) is 5.23. The van der Waals surface area contributed by atoms with Crippen LogP contribution in [0.3, 0.4) is 0 Å². The summed E-state index contributed by atoms with van der Waals surface area (Å²) in [4.78, 5) is 20.9. The van der Waals surface area contributed by atoms with Crippen molar-refractivity contribution in [3.05, 3.63) is 29.5 Å². The molecule has 8 nitrogen and oxygen atoms in total. The number of hydrogen-bond acceptors (Lipinski definition) is 7. The van der Waals surface area contributed by atoms with E-state index in [4.69, 9.17) is 19.9 Å². The molecule has 0 atom stereocenters. The van der Waals surface area contributed by atoms with E-state index in [0.29, 0.717) is 29.5 Å². The highest BCUT2D eigenvalue weighted by atomic mass is 16.5. The molecular formula is C21H28N4O4. The van der Waals surface area contributed by atoms with Crippen LogP contribution >= 0.6 is 0 Å². The predicted molar refractivity (Wildman–Crippen MR) is 111 cm³/mol. The first kappa shape index (κ1) is 20.7. The van der Waals surface area contributed by atoms with E-state index >= 15 is 0 Å². The van der Waals surface area contributed by atoms with E-state index < -0.39 is 0 Å². The molecule has 1 aromatic heterocycles. The van der Waals surface area contributed by atoms with Crippen molar-refractivity contribution in [1.82, 2.24) is 9.97 Å². The molecule has 3 rings (SSSR count). The van der Waals surface area contributed by atoms with Gasteiger partial charge in [0, 0.05) is 24.1 Å². The summed E-state index contributed by atoms with van der Waals surface area (Å²) < 4.78 is 16.1. The second-order valence-electron chi connectivity index (χ2n) is 7.14. The lowest BCUT2D eigenvalue weighted by Gasteiger charge is -2.20. The smallest absolute Gasteiger partial charge is 0.231 e. The fourth-order valence-electron chi connectivity index (χ4n) is 3.65. The second kappa shape index (κ2) is 9.45. The highest BCUT2D eigenvalue weighted by Gasteiger charge is 2.22. The number of nitrogen functional groups attached to an aromatic ring is 1. The summed E-state index contributed by atoms with van der Waals surface area (Å²) in [6.07, 6.45) is 7.34. The van der Waals surface area contributed by atoms with Crippen molar-refractivity contribution in [2.45, 2.75) is 38.5 Å². The molecule has 0 bridgehead atoms. The molecule has 1 aliphatic carbocycles. The third-order valence-electron chi connectivity index (χ3n) is 5.23. The number of hydrogen-bond donors (Lipinski definition) is 2. The summed E-state index contributed by atoms with van der Waals surface area (Å²) in [6.45, 7) is 0. The number of amides is 1. The van der Waals surface area contributed by atoms with Crippen LogP contribution in [0.5, 0.6) is 17.2 Å². The van der Waals surface area contributed by atoms with Crippen LogP contribution in [0.25, 0.3) is 0 Å². The summed E-state index contributed by atoms with van der Waals surface area (Å²) in [6, 6.07) is 3.72. The van der Waals surface area contributed by atoms with Crippen molar-refractivity contribution in [3.63, 3.8) is 0 Å². The highest BCUT2D eigenvalue weighted by Crippen LogP contribution is 2.38. The summed E-state index contributed by atoms with van der Waals surface area (Å²) in [7, 11) is 4.71. The molecule has 2 aromatic rings. The molecule has 0 radical (unpaired) electrons. The molecule has 0 unspecified atom stereocenters. The molecule has 1 aliphatic rings. The lowest BCUT2D eigenvalue weighted by molar-refractivity contribution is -0.120. The maximum Gasteiger partial charge on any atom is 0.231 e. The Kier molecular flexibility index (Phi) is 6.74. The summed E-state index contributed by atoms with van der Waals surface area (Å²) in [5.41, 5.74) is 7.79. The fraction of sp³-hybridized carbons (Fsp3) is 0.476. The summed E-state index contributed by atoms with van der Waals surface area (Å²) >= 11 is 0. The van der Waals surface area contributed by atoms with E-state index in [1.165, 1.54) is 6.42 Å². The van der Waals surface area contributed by atoms with E-state index in [1.807, 2.05) is 12.1 Å². The van der Waals surface area contributed by atoms with Crippen molar-refractivity contribution in [2.24, 2.45) is 5.92 Å². The van der Waals surface area contributed by atoms with Crippen molar-refractivity contribution in [3.8, 4) is 17.2 Å². The number of carbonyl (C=O) groups is 1. The molecule has 0 saturated heterocycles. The van der Waals surface area contributed by atoms with Gasteiger partial charge in [-0.05, 0) is 30.5 Å². The number of nitrogens with zero attached hydrogens (tertiary/aromatic N) is 2. The van der Waals surface area contributed by atoms with Crippen molar-refractivity contribution in [2.75, 3.05) is 32.4 Å². The van der Waals surface area contributed by atoms with E-state index in [2.05, 4.69) is 15.3 Å². The van der Waals surface area contributed by atoms with Gasteiger partial charge in [0.05, 0.1) is 21.3 Å². The number of aromatic nitrogens is 2. The Morgan fingerprint density at radius 1 is 1.10 bits per heavy atom. The summed E-state index contributed by atoms with van der Waals surface area (Å²) in [5, 5.41) is 2.80. The second-order valence-corrected chi connectivity index (χ2v) is 7.14. The van der Waals surface area contributed by atoms with Crippen LogP contribution in [0.4, 0.5) is 11.8 Å². The Bertz CT molecular complexity index is 841. The van der Waals surface area contributed by atoms with Crippen LogP contribution in [-0.2, 0) is 11.2 Å². The first-order valence-corrected chi connectivity index (χ1v) is 9.76. The first-order valence-electron chi connectivity index (χ1n) is 9.76. The van der Waals surface area contributed by atoms with Gasteiger partial charge in [0.1, 0.15) is 5.82 Å². The molecule has 156 valence electrons. The number of ether oxygens (including phenoxy) is 3. The SMILES string of the molecule is COc1cc(Cc2cnc(NC(=O)C3CCCCC3)nc2N)cc(OC)c1OC. The van der Waals surface area contributed by atoms with Crippen LogP contribution in [-0.4, -0.2) is 37.2 Å². The zero-order valence-electron chi connectivity index (χ0n) is 17.2. The number of rotatable bonds is 7. The quantitative estimate of drug-likeness (QED) is 0.734. The Morgan fingerprint density at radius 3 is 2.31 bits per heavy atom. The van der Waals surface area contributed by atoms with Crippen LogP contribution in [0.2, 0.25) is 0 Å². The average Bonchev–Trinajstić information content (AvgIpc) is 2.75. The molecule has 0 spiro atoms. The van der Waals surface area contributed by atoms with Gasteiger partial charge in [-0.3, -0.25) is 10.1 Å². The molecular weight excluding hydrogens is 372 g/mol. The van der Waals surface area contributed by atoms with Gasteiger partial charge in [0.25, 0.3) is 0 Å². The van der Waals surface area contributed by atoms with Crippen molar-refractivity contribution < 1.29 is 19.0 Å². The Morgan fingerprint density at radius 2 is 1.76 bits per heavy atom. The Labute approximate surface area is 170 Å². The maximum absolute atomic E-state index is 12.4. The standard InChI is InChI=1S/C21H28N4O4/c1-27-16-10-13(11-17(28-2)18(16)29-3)9-15-12-23-21(24-19(15)22)25-20(26)14-7-5-4-6-8-14/h10-12,14H,4-9H2,1-3H3,(H3,22,23,24,25,26). The largest absolute Gasteiger partial charge is 0.493 e. The highest BCUT2D eigenvalue weighted by molar-refractivity contribution is 5.91. The van der Waals surface area contributed by atoms with Crippen LogP contribution in [0, 0.1) is 5.92 Å². The normalized spacial score (nSPS) is 14.3. The predicted octanol–water partition coefficient (Wildman–Crippen LogP) is 3.19. The molecule has 1 fully saturated rings. The number of carbonyl (C=O) groups excluding carboxylic acids is 1.